The zero-order valence-electron chi connectivity index (χ0n) is 9.99. The van der Waals surface area contributed by atoms with E-state index < -0.39 is 0 Å². The topological polar surface area (TPSA) is 26.3 Å². The Kier molecular flexibility index (Phi) is 4.06. The molecule has 92 valence electrons. The maximum Gasteiger partial charge on any atom is 0.338 e. The van der Waals surface area contributed by atoms with Gasteiger partial charge in [-0.1, -0.05) is 24.9 Å². The highest BCUT2D eigenvalue weighted by Crippen LogP contribution is 2.26. The van der Waals surface area contributed by atoms with Crippen LogP contribution in [0.4, 0.5) is 0 Å². The number of esters is 1. The number of hydrogen-bond donors (Lipinski definition) is 0. The number of carbonyl (C=O) groups is 1. The third-order valence-corrected chi connectivity index (χ3v) is 3.49. The van der Waals surface area contributed by atoms with Crippen LogP contribution < -0.4 is 0 Å². The molecule has 0 saturated heterocycles. The lowest BCUT2D eigenvalue weighted by Gasteiger charge is -2.26. The van der Waals surface area contributed by atoms with Gasteiger partial charge in [-0.25, -0.2) is 4.79 Å². The van der Waals surface area contributed by atoms with Crippen LogP contribution in [0.15, 0.2) is 24.3 Å². The molecule has 1 aromatic carbocycles. The van der Waals surface area contributed by atoms with Gasteiger partial charge < -0.3 is 4.74 Å². The summed E-state index contributed by atoms with van der Waals surface area (Å²) in [6, 6.07) is 6.83. The Morgan fingerprint density at radius 1 is 1.29 bits per heavy atom. The first kappa shape index (κ1) is 12.4. The smallest absolute Gasteiger partial charge is 0.338 e. The van der Waals surface area contributed by atoms with Crippen molar-refractivity contribution < 1.29 is 9.53 Å². The summed E-state index contributed by atoms with van der Waals surface area (Å²) in [5.74, 6) is 0.424. The van der Waals surface area contributed by atoms with Crippen molar-refractivity contribution in [2.45, 2.75) is 38.7 Å². The zero-order chi connectivity index (χ0) is 12.3. The van der Waals surface area contributed by atoms with Crippen molar-refractivity contribution in [3.63, 3.8) is 0 Å². The second-order valence-corrected chi connectivity index (χ2v) is 5.24. The summed E-state index contributed by atoms with van der Waals surface area (Å²) in [6.07, 6.45) is 4.46. The molecule has 0 spiro atoms. The minimum Gasteiger partial charge on any atom is -0.459 e. The average molecular weight is 253 g/mol. The normalized spacial score (nSPS) is 24.4. The Bertz CT molecular complexity index is 386. The first-order valence-electron chi connectivity index (χ1n) is 6.11. The molecule has 0 amide bonds. The van der Waals surface area contributed by atoms with Gasteiger partial charge in [-0.2, -0.15) is 0 Å². The van der Waals surface area contributed by atoms with Crippen molar-refractivity contribution in [2.75, 3.05) is 0 Å². The van der Waals surface area contributed by atoms with Gasteiger partial charge >= 0.3 is 5.97 Å². The fraction of sp³-hybridized carbons (Fsp3) is 0.500. The highest BCUT2D eigenvalue weighted by molar-refractivity contribution is 6.30. The Labute approximate surface area is 107 Å². The van der Waals surface area contributed by atoms with E-state index in [1.807, 2.05) is 0 Å². The monoisotopic (exact) mass is 252 g/mol. The molecule has 0 heterocycles. The minimum atomic E-state index is -0.235. The van der Waals surface area contributed by atoms with Gasteiger partial charge in [0.25, 0.3) is 0 Å². The maximum absolute atomic E-state index is 11.9. The number of benzene rings is 1. The van der Waals surface area contributed by atoms with Gasteiger partial charge in [-0.15, -0.1) is 0 Å². The number of rotatable bonds is 2. The van der Waals surface area contributed by atoms with Crippen molar-refractivity contribution in [1.29, 1.82) is 0 Å². The van der Waals surface area contributed by atoms with Crippen molar-refractivity contribution in [3.05, 3.63) is 34.9 Å². The van der Waals surface area contributed by atoms with Crippen LogP contribution in [0.25, 0.3) is 0 Å². The molecule has 2 atom stereocenters. The molecule has 17 heavy (non-hydrogen) atoms. The lowest BCUT2D eigenvalue weighted by atomic mass is 9.89. The molecule has 0 aromatic heterocycles. The van der Waals surface area contributed by atoms with E-state index in [1.54, 1.807) is 24.3 Å². The summed E-state index contributed by atoms with van der Waals surface area (Å²) in [4.78, 5) is 11.9. The molecule has 1 aliphatic carbocycles. The minimum absolute atomic E-state index is 0.0851. The van der Waals surface area contributed by atoms with Crippen LogP contribution in [-0.2, 0) is 4.74 Å². The van der Waals surface area contributed by atoms with E-state index in [0.29, 0.717) is 16.5 Å². The number of carbonyl (C=O) groups excluding carboxylic acids is 1. The van der Waals surface area contributed by atoms with Gasteiger partial charge in [0.2, 0.25) is 0 Å². The van der Waals surface area contributed by atoms with E-state index in [9.17, 15) is 4.79 Å². The average Bonchev–Trinajstić information content (AvgIpc) is 2.29. The molecule has 1 saturated carbocycles. The SMILES string of the molecule is C[C@H]1CCC[C@H](OC(=O)c2ccc(Cl)cc2)C1. The molecule has 1 aromatic rings. The van der Waals surface area contributed by atoms with Gasteiger partial charge in [0.15, 0.2) is 0 Å². The van der Waals surface area contributed by atoms with Crippen LogP contribution in [0.5, 0.6) is 0 Å². The van der Waals surface area contributed by atoms with Crippen LogP contribution in [0.3, 0.4) is 0 Å². The van der Waals surface area contributed by atoms with Crippen molar-refractivity contribution in [3.8, 4) is 0 Å². The predicted molar refractivity (Wildman–Crippen MR) is 68.3 cm³/mol. The Morgan fingerprint density at radius 2 is 2.00 bits per heavy atom. The second kappa shape index (κ2) is 5.54. The van der Waals surface area contributed by atoms with Crippen molar-refractivity contribution in [2.24, 2.45) is 5.92 Å². The predicted octanol–water partition coefficient (Wildman–Crippen LogP) is 4.08. The van der Waals surface area contributed by atoms with Crippen LogP contribution in [0, 0.1) is 5.92 Å². The summed E-state index contributed by atoms with van der Waals surface area (Å²) in [5, 5.41) is 0.632. The number of ether oxygens (including phenoxy) is 1. The summed E-state index contributed by atoms with van der Waals surface area (Å²) in [6.45, 7) is 2.21. The van der Waals surface area contributed by atoms with Gasteiger partial charge in [0.1, 0.15) is 6.10 Å². The van der Waals surface area contributed by atoms with Gasteiger partial charge in [0.05, 0.1) is 5.56 Å². The zero-order valence-corrected chi connectivity index (χ0v) is 10.7. The first-order chi connectivity index (χ1) is 8.15. The summed E-state index contributed by atoms with van der Waals surface area (Å²) in [7, 11) is 0. The first-order valence-corrected chi connectivity index (χ1v) is 6.49. The molecule has 0 aliphatic heterocycles. The lowest BCUT2D eigenvalue weighted by molar-refractivity contribution is 0.0155. The van der Waals surface area contributed by atoms with Crippen LogP contribution in [0.2, 0.25) is 5.02 Å². The standard InChI is InChI=1S/C14H17ClO2/c1-10-3-2-4-13(9-10)17-14(16)11-5-7-12(15)8-6-11/h5-8,10,13H,2-4,9H2,1H3/t10-,13-/m0/s1. The molecular weight excluding hydrogens is 236 g/mol. The highest BCUT2D eigenvalue weighted by atomic mass is 35.5. The second-order valence-electron chi connectivity index (χ2n) is 4.81. The highest BCUT2D eigenvalue weighted by Gasteiger charge is 2.22. The van der Waals surface area contributed by atoms with Crippen LogP contribution in [-0.4, -0.2) is 12.1 Å². The quantitative estimate of drug-likeness (QED) is 0.742. The van der Waals surface area contributed by atoms with Crippen LogP contribution >= 0.6 is 11.6 Å². The molecule has 0 radical (unpaired) electrons. The van der Waals surface area contributed by atoms with E-state index in [0.717, 1.165) is 19.3 Å². The van der Waals surface area contributed by atoms with E-state index in [2.05, 4.69) is 6.92 Å². The molecule has 1 aliphatic rings. The summed E-state index contributed by atoms with van der Waals surface area (Å²) < 4.78 is 5.51. The van der Waals surface area contributed by atoms with Gasteiger partial charge in [-0.05, 0) is 49.4 Å². The molecule has 0 N–H and O–H groups in total. The molecule has 0 unspecified atom stereocenters. The third-order valence-electron chi connectivity index (χ3n) is 3.24. The fourth-order valence-corrected chi connectivity index (χ4v) is 2.42. The Morgan fingerprint density at radius 3 is 2.65 bits per heavy atom. The number of hydrogen-bond acceptors (Lipinski definition) is 2. The van der Waals surface area contributed by atoms with Crippen molar-refractivity contribution >= 4 is 17.6 Å². The Hall–Kier alpha value is -1.02. The summed E-state index contributed by atoms with van der Waals surface area (Å²) in [5.41, 5.74) is 0.577. The van der Waals surface area contributed by atoms with E-state index in [4.69, 9.17) is 16.3 Å². The van der Waals surface area contributed by atoms with E-state index in [-0.39, 0.29) is 12.1 Å². The molecule has 1 fully saturated rings. The van der Waals surface area contributed by atoms with E-state index >= 15 is 0 Å². The lowest BCUT2D eigenvalue weighted by Crippen LogP contribution is -2.24. The molecule has 0 bridgehead atoms. The third kappa shape index (κ3) is 3.47. The Balaban J connectivity index is 1.94. The van der Waals surface area contributed by atoms with E-state index in [1.165, 1.54) is 6.42 Å². The fourth-order valence-electron chi connectivity index (χ4n) is 2.29. The van der Waals surface area contributed by atoms with Crippen molar-refractivity contribution in [1.82, 2.24) is 0 Å². The maximum atomic E-state index is 11.9. The number of halogens is 1. The molecular formula is C14H17ClO2. The van der Waals surface area contributed by atoms with Crippen LogP contribution in [0.1, 0.15) is 43.0 Å². The molecule has 3 heteroatoms. The summed E-state index contributed by atoms with van der Waals surface area (Å²) >= 11 is 5.78. The molecule has 2 nitrogen and oxygen atoms in total. The van der Waals surface area contributed by atoms with Gasteiger partial charge in [0, 0.05) is 5.02 Å². The molecule has 2 rings (SSSR count). The van der Waals surface area contributed by atoms with Gasteiger partial charge in [-0.3, -0.25) is 0 Å². The largest absolute Gasteiger partial charge is 0.459 e.